The Morgan fingerprint density at radius 1 is 0.909 bits per heavy atom. The van der Waals surface area contributed by atoms with Gasteiger partial charge in [0.05, 0.1) is 12.5 Å². The maximum absolute atomic E-state index is 12.6. The van der Waals surface area contributed by atoms with Crippen LogP contribution in [0.2, 0.25) is 0 Å². The lowest BCUT2D eigenvalue weighted by atomic mass is 9.54. The molecule has 5 rings (SSSR count). The predicted octanol–water partition coefficient (Wildman–Crippen LogP) is 4.09. The minimum atomic E-state index is -0.0743. The lowest BCUT2D eigenvalue weighted by molar-refractivity contribution is -0.151. The summed E-state index contributed by atoms with van der Waals surface area (Å²) in [7, 11) is 0. The number of rotatable bonds is 2. The Morgan fingerprint density at radius 3 is 1.82 bits per heavy atom. The van der Waals surface area contributed by atoms with Crippen LogP contribution >= 0.6 is 0 Å². The largest absolute Gasteiger partial charge is 0.466 e. The van der Waals surface area contributed by atoms with Crippen LogP contribution in [0.1, 0.15) is 47.9 Å². The molecule has 112 valence electrons. The van der Waals surface area contributed by atoms with Crippen molar-refractivity contribution >= 4 is 5.97 Å². The first-order valence-electron chi connectivity index (χ1n) is 8.08. The first-order chi connectivity index (χ1) is 10.7. The van der Waals surface area contributed by atoms with Crippen molar-refractivity contribution in [2.45, 2.75) is 25.7 Å². The Bertz CT molecular complexity index is 686. The number of fused-ring (bicyclic) bond motifs is 1. The molecule has 0 fully saturated rings. The molecule has 2 atom stereocenters. The maximum Gasteiger partial charge on any atom is 0.310 e. The van der Waals surface area contributed by atoms with E-state index in [2.05, 4.69) is 55.5 Å². The molecule has 3 aliphatic rings. The van der Waals surface area contributed by atoms with Gasteiger partial charge < -0.3 is 4.74 Å². The van der Waals surface area contributed by atoms with Crippen molar-refractivity contribution in [3.8, 4) is 0 Å². The van der Waals surface area contributed by atoms with Gasteiger partial charge in [0.15, 0.2) is 0 Å². The van der Waals surface area contributed by atoms with Gasteiger partial charge in [-0.1, -0.05) is 55.5 Å². The molecular weight excluding hydrogens is 272 g/mol. The molecule has 0 saturated heterocycles. The summed E-state index contributed by atoms with van der Waals surface area (Å²) < 4.78 is 5.40. The second kappa shape index (κ2) is 4.98. The Kier molecular flexibility index (Phi) is 3.07. The van der Waals surface area contributed by atoms with Gasteiger partial charge in [-0.3, -0.25) is 4.79 Å². The summed E-state index contributed by atoms with van der Waals surface area (Å²) in [4.78, 5) is 12.6. The first-order valence-corrected chi connectivity index (χ1v) is 8.08. The first kappa shape index (κ1) is 13.6. The molecule has 0 heterocycles. The third-order valence-electron chi connectivity index (χ3n) is 5.34. The molecule has 0 unspecified atom stereocenters. The Morgan fingerprint density at radius 2 is 1.36 bits per heavy atom. The quantitative estimate of drug-likeness (QED) is 0.779. The second-order valence-electron chi connectivity index (χ2n) is 6.35. The zero-order valence-corrected chi connectivity index (χ0v) is 13.0. The average molecular weight is 292 g/mol. The SMILES string of the molecule is CCOC(=O)[C@H]1C2c3ccccc3C(c3ccccc32)[C@@H]1C. The van der Waals surface area contributed by atoms with Crippen LogP contribution < -0.4 is 0 Å². The molecule has 0 amide bonds. The molecule has 2 bridgehead atoms. The van der Waals surface area contributed by atoms with Crippen molar-refractivity contribution < 1.29 is 9.53 Å². The Labute approximate surface area is 131 Å². The van der Waals surface area contributed by atoms with E-state index in [1.165, 1.54) is 22.3 Å². The number of esters is 1. The topological polar surface area (TPSA) is 26.3 Å². The van der Waals surface area contributed by atoms with E-state index in [1.54, 1.807) is 0 Å². The van der Waals surface area contributed by atoms with Crippen molar-refractivity contribution in [2.24, 2.45) is 11.8 Å². The second-order valence-corrected chi connectivity index (χ2v) is 6.35. The zero-order valence-electron chi connectivity index (χ0n) is 13.0. The van der Waals surface area contributed by atoms with Gasteiger partial charge >= 0.3 is 5.97 Å². The van der Waals surface area contributed by atoms with E-state index in [0.29, 0.717) is 12.5 Å². The van der Waals surface area contributed by atoms with Crippen LogP contribution in [-0.4, -0.2) is 12.6 Å². The van der Waals surface area contributed by atoms with Crippen molar-refractivity contribution in [2.75, 3.05) is 6.61 Å². The van der Waals surface area contributed by atoms with Crippen LogP contribution in [0, 0.1) is 11.8 Å². The Hall–Kier alpha value is -2.09. The molecule has 2 heteroatoms. The average Bonchev–Trinajstić information content (AvgIpc) is 2.55. The van der Waals surface area contributed by atoms with E-state index in [1.807, 2.05) is 6.92 Å². The fourth-order valence-corrected chi connectivity index (χ4v) is 4.54. The van der Waals surface area contributed by atoms with Crippen molar-refractivity contribution in [1.82, 2.24) is 0 Å². The van der Waals surface area contributed by atoms with E-state index in [9.17, 15) is 4.79 Å². The van der Waals surface area contributed by atoms with Gasteiger partial charge in [0, 0.05) is 11.8 Å². The molecule has 2 nitrogen and oxygen atoms in total. The maximum atomic E-state index is 12.6. The zero-order chi connectivity index (χ0) is 15.3. The number of benzene rings is 2. The highest BCUT2D eigenvalue weighted by Crippen LogP contribution is 2.58. The van der Waals surface area contributed by atoms with Gasteiger partial charge in [0.1, 0.15) is 0 Å². The fourth-order valence-electron chi connectivity index (χ4n) is 4.54. The fraction of sp³-hybridized carbons (Fsp3) is 0.350. The van der Waals surface area contributed by atoms with E-state index >= 15 is 0 Å². The number of hydrogen-bond acceptors (Lipinski definition) is 2. The van der Waals surface area contributed by atoms with Gasteiger partial charge in [-0.15, -0.1) is 0 Å². The minimum Gasteiger partial charge on any atom is -0.466 e. The van der Waals surface area contributed by atoms with Crippen LogP contribution in [0.25, 0.3) is 0 Å². The van der Waals surface area contributed by atoms with Gasteiger partial charge in [0.2, 0.25) is 0 Å². The smallest absolute Gasteiger partial charge is 0.310 e. The van der Waals surface area contributed by atoms with Crippen molar-refractivity contribution in [3.63, 3.8) is 0 Å². The lowest BCUT2D eigenvalue weighted by Gasteiger charge is -2.48. The standard InChI is InChI=1S/C20H20O2/c1-3-22-20(21)18-12(2)17-13-8-4-6-10-15(13)19(18)16-11-7-5-9-14(16)17/h4-12,17-19H,3H2,1-2H3/t12-,17?,18+,19?/m0/s1. The highest BCUT2D eigenvalue weighted by molar-refractivity contribution is 5.78. The lowest BCUT2D eigenvalue weighted by Crippen LogP contribution is -2.43. The highest BCUT2D eigenvalue weighted by Gasteiger charge is 2.51. The molecule has 0 radical (unpaired) electrons. The third kappa shape index (κ3) is 1.70. The summed E-state index contributed by atoms with van der Waals surface area (Å²) in [5.74, 6) is 0.580. The van der Waals surface area contributed by atoms with Gasteiger partial charge in [-0.2, -0.15) is 0 Å². The summed E-state index contributed by atoms with van der Waals surface area (Å²) in [6, 6.07) is 17.2. The van der Waals surface area contributed by atoms with Gasteiger partial charge in [-0.05, 0) is 35.1 Å². The number of hydrogen-bond donors (Lipinski definition) is 0. The summed E-state index contributed by atoms with van der Waals surface area (Å²) in [6.45, 7) is 4.53. The number of carbonyl (C=O) groups excluding carboxylic acids is 1. The van der Waals surface area contributed by atoms with E-state index in [-0.39, 0.29) is 23.7 Å². The Balaban J connectivity index is 1.94. The molecule has 0 spiro atoms. The van der Waals surface area contributed by atoms with Crippen molar-refractivity contribution in [3.05, 3.63) is 70.8 Å². The summed E-state index contributed by atoms with van der Waals surface area (Å²) in [5.41, 5.74) is 5.39. The van der Waals surface area contributed by atoms with Crippen LogP contribution in [-0.2, 0) is 9.53 Å². The van der Waals surface area contributed by atoms with E-state index in [4.69, 9.17) is 4.74 Å². The number of ether oxygens (including phenoxy) is 1. The molecule has 0 N–H and O–H groups in total. The van der Waals surface area contributed by atoms with Crippen LogP contribution in [0.5, 0.6) is 0 Å². The van der Waals surface area contributed by atoms with Crippen LogP contribution in [0.4, 0.5) is 0 Å². The summed E-state index contributed by atoms with van der Waals surface area (Å²) in [6.07, 6.45) is 0. The molecule has 0 aromatic heterocycles. The minimum absolute atomic E-state index is 0.0472. The van der Waals surface area contributed by atoms with Crippen LogP contribution in [0.15, 0.2) is 48.5 Å². The normalized spacial score (nSPS) is 27.9. The monoisotopic (exact) mass is 292 g/mol. The number of carbonyl (C=O) groups is 1. The molecule has 22 heavy (non-hydrogen) atoms. The van der Waals surface area contributed by atoms with Crippen molar-refractivity contribution in [1.29, 1.82) is 0 Å². The van der Waals surface area contributed by atoms with Crippen LogP contribution in [0.3, 0.4) is 0 Å². The summed E-state index contributed by atoms with van der Waals surface area (Å²) in [5, 5.41) is 0. The molecule has 3 aliphatic carbocycles. The molecule has 0 saturated carbocycles. The molecular formula is C20H20O2. The third-order valence-corrected chi connectivity index (χ3v) is 5.34. The molecule has 0 aliphatic heterocycles. The van der Waals surface area contributed by atoms with Gasteiger partial charge in [-0.25, -0.2) is 0 Å². The molecule has 2 aromatic carbocycles. The molecule has 2 aromatic rings. The highest BCUT2D eigenvalue weighted by atomic mass is 16.5. The van der Waals surface area contributed by atoms with E-state index in [0.717, 1.165) is 0 Å². The van der Waals surface area contributed by atoms with E-state index < -0.39 is 0 Å². The van der Waals surface area contributed by atoms with Gasteiger partial charge in [0.25, 0.3) is 0 Å². The summed E-state index contributed by atoms with van der Waals surface area (Å²) >= 11 is 0. The predicted molar refractivity (Wildman–Crippen MR) is 85.9 cm³/mol.